The van der Waals surface area contributed by atoms with Crippen molar-refractivity contribution >= 4 is 52.1 Å². The number of rotatable bonds is 7. The number of hydrogen-bond acceptors (Lipinski definition) is 6. The summed E-state index contributed by atoms with van der Waals surface area (Å²) in [6.07, 6.45) is 4.85. The lowest BCUT2D eigenvalue weighted by atomic mass is 9.97. The van der Waals surface area contributed by atoms with Gasteiger partial charge in [-0.1, -0.05) is 34.8 Å². The maximum atomic E-state index is 6.70. The fraction of sp³-hybridized carbons (Fsp3) is 0.435. The van der Waals surface area contributed by atoms with E-state index in [2.05, 4.69) is 20.9 Å². The minimum Gasteiger partial charge on any atom is -0.495 e. The van der Waals surface area contributed by atoms with Gasteiger partial charge in [-0.15, -0.1) is 0 Å². The Morgan fingerprint density at radius 1 is 1.00 bits per heavy atom. The van der Waals surface area contributed by atoms with E-state index < -0.39 is 0 Å². The van der Waals surface area contributed by atoms with Gasteiger partial charge in [-0.25, -0.2) is 4.98 Å². The van der Waals surface area contributed by atoms with Crippen molar-refractivity contribution in [2.24, 2.45) is 0 Å². The second kappa shape index (κ2) is 10.5. The second-order valence-electron chi connectivity index (χ2n) is 7.75. The Labute approximate surface area is 203 Å². The third-order valence-electron chi connectivity index (χ3n) is 5.81. The summed E-state index contributed by atoms with van der Waals surface area (Å²) < 4.78 is 16.4. The zero-order valence-corrected chi connectivity index (χ0v) is 20.4. The minimum absolute atomic E-state index is 0.461. The molecule has 1 aromatic heterocycles. The molecule has 0 radical (unpaired) electrons. The summed E-state index contributed by atoms with van der Waals surface area (Å²) in [5.41, 5.74) is 3.71. The molecule has 1 saturated heterocycles. The first-order valence-corrected chi connectivity index (χ1v) is 11.7. The number of ether oxygens (including phenoxy) is 3. The summed E-state index contributed by atoms with van der Waals surface area (Å²) in [6.45, 7) is 6.07. The Balaban J connectivity index is 1.65. The van der Waals surface area contributed by atoms with Crippen LogP contribution in [0.5, 0.6) is 11.5 Å². The minimum atomic E-state index is 0.461. The van der Waals surface area contributed by atoms with Gasteiger partial charge in [0.2, 0.25) is 0 Å². The van der Waals surface area contributed by atoms with Crippen LogP contribution in [0.1, 0.15) is 17.5 Å². The fourth-order valence-corrected chi connectivity index (χ4v) is 5.06. The van der Waals surface area contributed by atoms with Gasteiger partial charge >= 0.3 is 0 Å². The standard InChI is InChI=1S/C23H26Cl3N3O3/c1-30-18-12-19(31-2)23(26)21(22(18)25)16-10-15-13-27-20(24)11-17(15)29(14-16)5-3-4-28-6-8-32-9-7-28/h10-13H,3-9,14H2,1-2H3. The van der Waals surface area contributed by atoms with Gasteiger partial charge in [0.1, 0.15) is 16.7 Å². The number of nitrogens with zero attached hydrogens (tertiary/aromatic N) is 3. The molecule has 2 aromatic rings. The third kappa shape index (κ3) is 4.95. The molecule has 0 saturated carbocycles. The zero-order chi connectivity index (χ0) is 22.7. The van der Waals surface area contributed by atoms with Gasteiger partial charge < -0.3 is 19.1 Å². The van der Waals surface area contributed by atoms with Crippen molar-refractivity contribution < 1.29 is 14.2 Å². The number of fused-ring (bicyclic) bond motifs is 1. The first-order chi connectivity index (χ1) is 15.5. The van der Waals surface area contributed by atoms with Crippen LogP contribution >= 0.6 is 34.8 Å². The summed E-state index contributed by atoms with van der Waals surface area (Å²) in [7, 11) is 3.15. The normalized spacial score (nSPS) is 16.5. The SMILES string of the molecule is COc1cc(OC)c(Cl)c(C2=Cc3cnc(Cl)cc3N(CCCN3CCOCC3)C2)c1Cl. The van der Waals surface area contributed by atoms with E-state index in [0.717, 1.165) is 62.6 Å². The summed E-state index contributed by atoms with van der Waals surface area (Å²) in [4.78, 5) is 9.02. The lowest BCUT2D eigenvalue weighted by Crippen LogP contribution is -2.38. The maximum Gasteiger partial charge on any atom is 0.141 e. The quantitative estimate of drug-likeness (QED) is 0.493. The molecule has 0 amide bonds. The molecule has 0 N–H and O–H groups in total. The number of anilines is 1. The molecule has 4 rings (SSSR count). The van der Waals surface area contributed by atoms with E-state index in [0.29, 0.717) is 38.8 Å². The average molecular weight is 499 g/mol. The molecule has 1 aromatic carbocycles. The maximum absolute atomic E-state index is 6.70. The molecule has 2 aliphatic heterocycles. The second-order valence-corrected chi connectivity index (χ2v) is 8.89. The summed E-state index contributed by atoms with van der Waals surface area (Å²) in [5, 5.41) is 1.39. The van der Waals surface area contributed by atoms with E-state index in [1.165, 1.54) is 0 Å². The molecule has 0 aliphatic carbocycles. The Bertz CT molecular complexity index is 981. The highest BCUT2D eigenvalue weighted by molar-refractivity contribution is 6.40. The van der Waals surface area contributed by atoms with Crippen LogP contribution in [0.3, 0.4) is 0 Å². The molecule has 9 heteroatoms. The van der Waals surface area contributed by atoms with Crippen molar-refractivity contribution in [2.75, 3.05) is 65.1 Å². The third-order valence-corrected chi connectivity index (χ3v) is 6.77. The van der Waals surface area contributed by atoms with Crippen molar-refractivity contribution in [3.05, 3.63) is 44.7 Å². The van der Waals surface area contributed by atoms with E-state index in [9.17, 15) is 0 Å². The predicted molar refractivity (Wildman–Crippen MR) is 131 cm³/mol. The van der Waals surface area contributed by atoms with Gasteiger partial charge in [0, 0.05) is 61.8 Å². The number of pyridine rings is 1. The molecule has 172 valence electrons. The van der Waals surface area contributed by atoms with Crippen LogP contribution in [-0.2, 0) is 4.74 Å². The largest absolute Gasteiger partial charge is 0.495 e. The van der Waals surface area contributed by atoms with Gasteiger partial charge in [0.25, 0.3) is 0 Å². The number of aromatic nitrogens is 1. The fourth-order valence-electron chi connectivity index (χ4n) is 4.17. The molecule has 2 aliphatic rings. The Kier molecular flexibility index (Phi) is 7.69. The van der Waals surface area contributed by atoms with Crippen LogP contribution in [0.15, 0.2) is 18.3 Å². The topological polar surface area (TPSA) is 47.1 Å². The molecule has 0 bridgehead atoms. The number of morpholine rings is 1. The zero-order valence-electron chi connectivity index (χ0n) is 18.2. The van der Waals surface area contributed by atoms with Crippen LogP contribution < -0.4 is 14.4 Å². The van der Waals surface area contributed by atoms with Gasteiger partial charge in [0.05, 0.1) is 37.5 Å². The van der Waals surface area contributed by atoms with Crippen molar-refractivity contribution in [3.63, 3.8) is 0 Å². The predicted octanol–water partition coefficient (Wildman–Crippen LogP) is 5.14. The van der Waals surface area contributed by atoms with Crippen LogP contribution in [-0.4, -0.2) is 70.0 Å². The van der Waals surface area contributed by atoms with Crippen LogP contribution in [0.25, 0.3) is 11.6 Å². The van der Waals surface area contributed by atoms with Gasteiger partial charge in [-0.05, 0) is 24.1 Å². The van der Waals surface area contributed by atoms with Crippen molar-refractivity contribution in [1.82, 2.24) is 9.88 Å². The molecule has 1 fully saturated rings. The highest BCUT2D eigenvalue weighted by Gasteiger charge is 2.26. The van der Waals surface area contributed by atoms with Crippen molar-refractivity contribution in [2.45, 2.75) is 6.42 Å². The lowest BCUT2D eigenvalue weighted by Gasteiger charge is -2.33. The van der Waals surface area contributed by atoms with Gasteiger partial charge in [-0.3, -0.25) is 4.90 Å². The summed E-state index contributed by atoms with van der Waals surface area (Å²) >= 11 is 19.6. The number of methoxy groups -OCH3 is 2. The number of benzene rings is 1. The first kappa shape index (κ1) is 23.5. The highest BCUT2D eigenvalue weighted by atomic mass is 35.5. The molecular formula is C23H26Cl3N3O3. The molecular weight excluding hydrogens is 473 g/mol. The summed E-state index contributed by atoms with van der Waals surface area (Å²) in [5.74, 6) is 1.03. The van der Waals surface area contributed by atoms with E-state index in [-0.39, 0.29) is 0 Å². The molecule has 0 spiro atoms. The smallest absolute Gasteiger partial charge is 0.141 e. The van der Waals surface area contributed by atoms with E-state index in [1.807, 2.05) is 6.07 Å². The van der Waals surface area contributed by atoms with Crippen molar-refractivity contribution in [1.29, 1.82) is 0 Å². The molecule has 0 atom stereocenters. The van der Waals surface area contributed by atoms with E-state index >= 15 is 0 Å². The summed E-state index contributed by atoms with van der Waals surface area (Å²) in [6, 6.07) is 3.61. The van der Waals surface area contributed by atoms with Crippen LogP contribution in [0.4, 0.5) is 5.69 Å². The molecule has 6 nitrogen and oxygen atoms in total. The van der Waals surface area contributed by atoms with Crippen LogP contribution in [0, 0.1) is 0 Å². The Morgan fingerprint density at radius 2 is 1.69 bits per heavy atom. The van der Waals surface area contributed by atoms with Crippen molar-refractivity contribution in [3.8, 4) is 11.5 Å². The first-order valence-electron chi connectivity index (χ1n) is 10.5. The van der Waals surface area contributed by atoms with Gasteiger partial charge in [-0.2, -0.15) is 0 Å². The van der Waals surface area contributed by atoms with Gasteiger partial charge in [0.15, 0.2) is 0 Å². The lowest BCUT2D eigenvalue weighted by molar-refractivity contribution is 0.0377. The highest BCUT2D eigenvalue weighted by Crippen LogP contribution is 2.46. The van der Waals surface area contributed by atoms with E-state index in [1.54, 1.807) is 26.5 Å². The average Bonchev–Trinajstić information content (AvgIpc) is 2.80. The molecule has 0 unspecified atom stereocenters. The monoisotopic (exact) mass is 497 g/mol. The molecule has 32 heavy (non-hydrogen) atoms. The number of halogens is 3. The number of hydrogen-bond donors (Lipinski definition) is 0. The van der Waals surface area contributed by atoms with E-state index in [4.69, 9.17) is 49.0 Å². The Hall–Kier alpha value is -1.70. The Morgan fingerprint density at radius 3 is 2.34 bits per heavy atom. The molecule has 3 heterocycles. The van der Waals surface area contributed by atoms with Crippen LogP contribution in [0.2, 0.25) is 15.2 Å².